The first-order valence-electron chi connectivity index (χ1n) is 7.48. The van der Waals surface area contributed by atoms with Crippen LogP contribution in [-0.2, 0) is 0 Å². The van der Waals surface area contributed by atoms with Gasteiger partial charge in [-0.15, -0.1) is 0 Å². The van der Waals surface area contributed by atoms with Crippen molar-refractivity contribution in [2.75, 3.05) is 12.4 Å². The molecule has 0 heterocycles. The maximum absolute atomic E-state index is 8.93. The summed E-state index contributed by atoms with van der Waals surface area (Å²) in [7, 11) is 1.88. The zero-order valence-corrected chi connectivity index (χ0v) is 12.9. The largest absolute Gasteiger partial charge is 0.411 e. The first kappa shape index (κ1) is 14.9. The third kappa shape index (κ3) is 2.94. The van der Waals surface area contributed by atoms with Crippen LogP contribution in [0.2, 0.25) is 0 Å². The Morgan fingerprint density at radius 3 is 2.00 bits per heavy atom. The predicted octanol–water partition coefficient (Wildman–Crippen LogP) is 4.87. The van der Waals surface area contributed by atoms with Gasteiger partial charge in [0.2, 0.25) is 0 Å². The molecule has 0 saturated carbocycles. The van der Waals surface area contributed by atoms with E-state index in [-0.39, 0.29) is 0 Å². The molecule has 2 N–H and O–H groups in total. The summed E-state index contributed by atoms with van der Waals surface area (Å²) >= 11 is 0. The van der Waals surface area contributed by atoms with Gasteiger partial charge in [0, 0.05) is 18.2 Å². The van der Waals surface area contributed by atoms with Crippen molar-refractivity contribution in [1.82, 2.24) is 0 Å². The van der Waals surface area contributed by atoms with Crippen LogP contribution in [-0.4, -0.2) is 18.5 Å². The van der Waals surface area contributed by atoms with E-state index in [1.165, 1.54) is 6.21 Å². The fourth-order valence-corrected chi connectivity index (χ4v) is 2.82. The molecular weight excluding hydrogens is 284 g/mol. The second-order valence-corrected chi connectivity index (χ2v) is 5.18. The lowest BCUT2D eigenvalue weighted by molar-refractivity contribution is 0.322. The van der Waals surface area contributed by atoms with Crippen molar-refractivity contribution in [2.45, 2.75) is 0 Å². The molecule has 0 atom stereocenters. The topological polar surface area (TPSA) is 44.6 Å². The minimum atomic E-state index is 0.841. The molecule has 3 rings (SSSR count). The summed E-state index contributed by atoms with van der Waals surface area (Å²) < 4.78 is 0. The molecule has 0 radical (unpaired) electrons. The van der Waals surface area contributed by atoms with E-state index in [1.54, 1.807) is 0 Å². The van der Waals surface area contributed by atoms with E-state index in [4.69, 9.17) is 5.21 Å². The number of rotatable bonds is 4. The molecule has 0 amide bonds. The normalized spacial score (nSPS) is 10.8. The molecule has 0 aliphatic heterocycles. The van der Waals surface area contributed by atoms with E-state index in [0.29, 0.717) is 0 Å². The lowest BCUT2D eigenvalue weighted by Crippen LogP contribution is -2.00. The first-order chi connectivity index (χ1) is 11.3. The van der Waals surface area contributed by atoms with Gasteiger partial charge >= 0.3 is 0 Å². The van der Waals surface area contributed by atoms with Crippen molar-refractivity contribution in [2.24, 2.45) is 5.16 Å². The minimum Gasteiger partial charge on any atom is -0.411 e. The van der Waals surface area contributed by atoms with Crippen LogP contribution in [0.15, 0.2) is 78.0 Å². The molecule has 0 unspecified atom stereocenters. The lowest BCUT2D eigenvalue weighted by atomic mass is 9.91. The molecule has 3 aromatic carbocycles. The molecule has 23 heavy (non-hydrogen) atoms. The maximum Gasteiger partial charge on any atom is 0.0754 e. The van der Waals surface area contributed by atoms with Crippen LogP contribution < -0.4 is 5.32 Å². The lowest BCUT2D eigenvalue weighted by Gasteiger charge is -2.17. The summed E-state index contributed by atoms with van der Waals surface area (Å²) in [5, 5.41) is 15.4. The number of oxime groups is 1. The van der Waals surface area contributed by atoms with Gasteiger partial charge in [0.1, 0.15) is 0 Å². The first-order valence-corrected chi connectivity index (χ1v) is 7.48. The van der Waals surface area contributed by atoms with Crippen molar-refractivity contribution in [3.05, 3.63) is 78.4 Å². The van der Waals surface area contributed by atoms with Crippen LogP contribution >= 0.6 is 0 Å². The summed E-state index contributed by atoms with van der Waals surface area (Å²) in [4.78, 5) is 0. The van der Waals surface area contributed by atoms with E-state index in [9.17, 15) is 0 Å². The third-order valence-electron chi connectivity index (χ3n) is 3.83. The standard InChI is InChI=1S/C20H18N2O/c1-21-20-17(14-22-23)12-13-18(15-8-4-2-5-9-15)19(20)16-10-6-3-7-11-16/h2-14,21,23H,1H3/b22-14-. The van der Waals surface area contributed by atoms with Crippen molar-refractivity contribution in [1.29, 1.82) is 0 Å². The molecule has 0 fully saturated rings. The number of nitrogens with one attached hydrogen (secondary N) is 1. The van der Waals surface area contributed by atoms with Gasteiger partial charge in [-0.25, -0.2) is 0 Å². The molecule has 0 saturated heterocycles. The van der Waals surface area contributed by atoms with Gasteiger partial charge in [0.05, 0.1) is 11.9 Å². The molecular formula is C20H18N2O. The molecule has 114 valence electrons. The maximum atomic E-state index is 8.93. The quantitative estimate of drug-likeness (QED) is 0.410. The average molecular weight is 302 g/mol. The highest BCUT2D eigenvalue weighted by Gasteiger charge is 2.14. The van der Waals surface area contributed by atoms with E-state index in [0.717, 1.165) is 33.5 Å². The Morgan fingerprint density at radius 1 is 0.826 bits per heavy atom. The van der Waals surface area contributed by atoms with Crippen molar-refractivity contribution >= 4 is 11.9 Å². The fraction of sp³-hybridized carbons (Fsp3) is 0.0500. The number of nitrogens with zero attached hydrogens (tertiary/aromatic N) is 1. The van der Waals surface area contributed by atoms with Crippen molar-refractivity contribution < 1.29 is 5.21 Å². The fourth-order valence-electron chi connectivity index (χ4n) is 2.82. The molecule has 3 aromatic rings. The SMILES string of the molecule is CNc1c(/C=N\O)ccc(-c2ccccc2)c1-c1ccccc1. The highest BCUT2D eigenvalue weighted by Crippen LogP contribution is 2.39. The Kier molecular flexibility index (Phi) is 4.39. The van der Waals surface area contributed by atoms with Gasteiger partial charge in [0.25, 0.3) is 0 Å². The van der Waals surface area contributed by atoms with Crippen LogP contribution in [0.25, 0.3) is 22.3 Å². The summed E-state index contributed by atoms with van der Waals surface area (Å²) in [6.07, 6.45) is 1.45. The summed E-state index contributed by atoms with van der Waals surface area (Å²) in [5.74, 6) is 0. The van der Waals surface area contributed by atoms with Crippen LogP contribution in [0.5, 0.6) is 0 Å². The molecule has 0 bridgehead atoms. The Labute approximate surface area is 135 Å². The van der Waals surface area contributed by atoms with Gasteiger partial charge in [-0.3, -0.25) is 0 Å². The van der Waals surface area contributed by atoms with Crippen LogP contribution in [0.4, 0.5) is 5.69 Å². The number of hydrogen-bond donors (Lipinski definition) is 2. The highest BCUT2D eigenvalue weighted by molar-refractivity contribution is 6.00. The summed E-state index contributed by atoms with van der Waals surface area (Å²) in [6.45, 7) is 0. The number of anilines is 1. The Hall–Kier alpha value is -3.07. The smallest absolute Gasteiger partial charge is 0.0754 e. The molecule has 0 aliphatic carbocycles. The second kappa shape index (κ2) is 6.79. The minimum absolute atomic E-state index is 0.841. The van der Waals surface area contributed by atoms with Crippen LogP contribution in [0.1, 0.15) is 5.56 Å². The third-order valence-corrected chi connectivity index (χ3v) is 3.83. The Balaban J connectivity index is 2.33. The van der Waals surface area contributed by atoms with Gasteiger partial charge in [-0.05, 0) is 16.7 Å². The molecule has 0 aromatic heterocycles. The van der Waals surface area contributed by atoms with Crippen LogP contribution in [0.3, 0.4) is 0 Å². The molecule has 3 nitrogen and oxygen atoms in total. The zero-order valence-electron chi connectivity index (χ0n) is 12.9. The van der Waals surface area contributed by atoms with Gasteiger partial charge in [-0.2, -0.15) is 0 Å². The Bertz CT molecular complexity index is 812. The average Bonchev–Trinajstić information content (AvgIpc) is 2.63. The Morgan fingerprint density at radius 2 is 1.43 bits per heavy atom. The monoisotopic (exact) mass is 302 g/mol. The number of benzene rings is 3. The summed E-state index contributed by atoms with van der Waals surface area (Å²) in [5.41, 5.74) is 6.27. The van der Waals surface area contributed by atoms with Crippen LogP contribution in [0, 0.1) is 0 Å². The number of hydrogen-bond acceptors (Lipinski definition) is 3. The molecule has 3 heteroatoms. The zero-order chi connectivity index (χ0) is 16.1. The van der Waals surface area contributed by atoms with Gasteiger partial charge in [0.15, 0.2) is 0 Å². The van der Waals surface area contributed by atoms with E-state index in [2.05, 4.69) is 40.8 Å². The van der Waals surface area contributed by atoms with Gasteiger partial charge < -0.3 is 10.5 Å². The van der Waals surface area contributed by atoms with E-state index >= 15 is 0 Å². The summed E-state index contributed by atoms with van der Waals surface area (Å²) in [6, 6.07) is 24.5. The van der Waals surface area contributed by atoms with Crippen molar-refractivity contribution in [3.8, 4) is 22.3 Å². The van der Waals surface area contributed by atoms with Gasteiger partial charge in [-0.1, -0.05) is 78.0 Å². The van der Waals surface area contributed by atoms with E-state index < -0.39 is 0 Å². The van der Waals surface area contributed by atoms with E-state index in [1.807, 2.05) is 49.5 Å². The molecule has 0 aliphatic rings. The predicted molar refractivity (Wildman–Crippen MR) is 96.2 cm³/mol. The second-order valence-electron chi connectivity index (χ2n) is 5.18. The molecule has 0 spiro atoms. The highest BCUT2D eigenvalue weighted by atomic mass is 16.4. The van der Waals surface area contributed by atoms with Crippen molar-refractivity contribution in [3.63, 3.8) is 0 Å².